The number of halogens is 1. The van der Waals surface area contributed by atoms with Gasteiger partial charge in [-0.3, -0.25) is 0 Å². The molecule has 98 valence electrons. The van der Waals surface area contributed by atoms with Crippen LogP contribution in [0.3, 0.4) is 0 Å². The summed E-state index contributed by atoms with van der Waals surface area (Å²) < 4.78 is 13.7. The summed E-state index contributed by atoms with van der Waals surface area (Å²) in [5, 5.41) is 0. The maximum atomic E-state index is 13.7. The Morgan fingerprint density at radius 1 is 1.16 bits per heavy atom. The standard InChI is InChI=1S/C16H17FN2/c17-15-6-2-1-4-13(15)11-19-9-3-5-12-7-8-14(18)10-16(12)19/h1-2,4,6-8,10H,3,5,9,11,18H2. The highest BCUT2D eigenvalue weighted by Gasteiger charge is 2.18. The zero-order valence-electron chi connectivity index (χ0n) is 10.8. The van der Waals surface area contributed by atoms with Gasteiger partial charge >= 0.3 is 0 Å². The second-order valence-electron chi connectivity index (χ2n) is 5.00. The molecule has 2 aromatic carbocycles. The Balaban J connectivity index is 1.92. The number of nitrogens with two attached hydrogens (primary N) is 1. The number of fused-ring (bicyclic) bond motifs is 1. The molecule has 1 heterocycles. The summed E-state index contributed by atoms with van der Waals surface area (Å²) in [6.45, 7) is 1.55. The Morgan fingerprint density at radius 2 is 2.00 bits per heavy atom. The van der Waals surface area contributed by atoms with Crippen LogP contribution in [-0.2, 0) is 13.0 Å². The van der Waals surface area contributed by atoms with Crippen LogP contribution >= 0.6 is 0 Å². The number of rotatable bonds is 2. The number of nitrogens with zero attached hydrogens (tertiary/aromatic N) is 1. The highest BCUT2D eigenvalue weighted by Crippen LogP contribution is 2.30. The monoisotopic (exact) mass is 256 g/mol. The number of benzene rings is 2. The van der Waals surface area contributed by atoms with Gasteiger partial charge in [-0.15, -0.1) is 0 Å². The minimum Gasteiger partial charge on any atom is -0.399 e. The lowest BCUT2D eigenvalue weighted by Gasteiger charge is -2.31. The van der Waals surface area contributed by atoms with Gasteiger partial charge in [0.25, 0.3) is 0 Å². The smallest absolute Gasteiger partial charge is 0.128 e. The van der Waals surface area contributed by atoms with Gasteiger partial charge in [0.2, 0.25) is 0 Å². The van der Waals surface area contributed by atoms with Crippen LogP contribution in [0.4, 0.5) is 15.8 Å². The summed E-state index contributed by atoms with van der Waals surface area (Å²) >= 11 is 0. The van der Waals surface area contributed by atoms with Crippen molar-refractivity contribution in [1.82, 2.24) is 0 Å². The highest BCUT2D eigenvalue weighted by atomic mass is 19.1. The molecule has 0 atom stereocenters. The van der Waals surface area contributed by atoms with Crippen molar-refractivity contribution < 1.29 is 4.39 Å². The molecule has 0 amide bonds. The lowest BCUT2D eigenvalue weighted by molar-refractivity contribution is 0.598. The van der Waals surface area contributed by atoms with Crippen molar-refractivity contribution in [2.45, 2.75) is 19.4 Å². The van der Waals surface area contributed by atoms with Gasteiger partial charge in [0.1, 0.15) is 5.82 Å². The van der Waals surface area contributed by atoms with Crippen LogP contribution in [0.5, 0.6) is 0 Å². The van der Waals surface area contributed by atoms with Crippen molar-refractivity contribution in [2.75, 3.05) is 17.2 Å². The van der Waals surface area contributed by atoms with Crippen LogP contribution in [0.15, 0.2) is 42.5 Å². The van der Waals surface area contributed by atoms with Gasteiger partial charge in [0, 0.05) is 30.0 Å². The first kappa shape index (κ1) is 12.0. The molecule has 0 aliphatic carbocycles. The number of hydrogen-bond acceptors (Lipinski definition) is 2. The minimum absolute atomic E-state index is 0.140. The van der Waals surface area contributed by atoms with E-state index in [4.69, 9.17) is 5.73 Å². The average molecular weight is 256 g/mol. The molecule has 3 rings (SSSR count). The van der Waals surface area contributed by atoms with Crippen LogP contribution < -0.4 is 10.6 Å². The molecule has 0 bridgehead atoms. The fraction of sp³-hybridized carbons (Fsp3) is 0.250. The highest BCUT2D eigenvalue weighted by molar-refractivity contribution is 5.62. The van der Waals surface area contributed by atoms with Gasteiger partial charge in [-0.25, -0.2) is 4.39 Å². The van der Waals surface area contributed by atoms with Crippen molar-refractivity contribution in [3.63, 3.8) is 0 Å². The van der Waals surface area contributed by atoms with Gasteiger partial charge in [0.15, 0.2) is 0 Å². The minimum atomic E-state index is -0.140. The Morgan fingerprint density at radius 3 is 2.84 bits per heavy atom. The molecule has 2 N–H and O–H groups in total. The average Bonchev–Trinajstić information content (AvgIpc) is 2.42. The molecule has 0 radical (unpaired) electrons. The predicted octanol–water partition coefficient (Wildman–Crippen LogP) is 3.36. The third-order valence-corrected chi connectivity index (χ3v) is 3.64. The van der Waals surface area contributed by atoms with Crippen LogP contribution in [-0.4, -0.2) is 6.54 Å². The normalized spacial score (nSPS) is 14.3. The quantitative estimate of drug-likeness (QED) is 0.835. The molecule has 2 aromatic rings. The van der Waals surface area contributed by atoms with E-state index in [1.807, 2.05) is 24.3 Å². The molecule has 0 spiro atoms. The molecule has 3 heteroatoms. The lowest BCUT2D eigenvalue weighted by atomic mass is 10.0. The largest absolute Gasteiger partial charge is 0.399 e. The summed E-state index contributed by atoms with van der Waals surface area (Å²) in [6.07, 6.45) is 2.18. The second-order valence-corrected chi connectivity index (χ2v) is 5.00. The maximum Gasteiger partial charge on any atom is 0.128 e. The Hall–Kier alpha value is -2.03. The van der Waals surface area contributed by atoms with E-state index >= 15 is 0 Å². The van der Waals surface area contributed by atoms with Crippen LogP contribution in [0, 0.1) is 5.82 Å². The molecule has 1 aliphatic heterocycles. The van der Waals surface area contributed by atoms with Crippen molar-refractivity contribution in [3.8, 4) is 0 Å². The lowest BCUT2D eigenvalue weighted by Crippen LogP contribution is -2.29. The molecule has 0 saturated heterocycles. The number of nitrogen functional groups attached to an aromatic ring is 1. The first-order chi connectivity index (χ1) is 9.24. The Bertz CT molecular complexity index is 595. The Labute approximate surface area is 112 Å². The third-order valence-electron chi connectivity index (χ3n) is 3.64. The molecular weight excluding hydrogens is 239 g/mol. The van der Waals surface area contributed by atoms with E-state index < -0.39 is 0 Å². The molecule has 0 fully saturated rings. The summed E-state index contributed by atoms with van der Waals surface area (Å²) in [5.41, 5.74) is 9.81. The predicted molar refractivity (Wildman–Crippen MR) is 76.6 cm³/mol. The summed E-state index contributed by atoms with van der Waals surface area (Å²) in [6, 6.07) is 13.0. The van der Waals surface area contributed by atoms with E-state index in [1.54, 1.807) is 6.07 Å². The number of anilines is 2. The van der Waals surface area contributed by atoms with Gasteiger partial charge in [-0.2, -0.15) is 0 Å². The molecule has 1 aliphatic rings. The van der Waals surface area contributed by atoms with Crippen molar-refractivity contribution >= 4 is 11.4 Å². The third kappa shape index (κ3) is 2.41. The molecule has 0 aromatic heterocycles. The first-order valence-electron chi connectivity index (χ1n) is 6.61. The van der Waals surface area contributed by atoms with Crippen LogP contribution in [0.2, 0.25) is 0 Å². The van der Waals surface area contributed by atoms with Crippen molar-refractivity contribution in [3.05, 3.63) is 59.4 Å². The zero-order chi connectivity index (χ0) is 13.2. The van der Waals surface area contributed by atoms with Gasteiger partial charge in [0.05, 0.1) is 0 Å². The number of hydrogen-bond donors (Lipinski definition) is 1. The van der Waals surface area contributed by atoms with Gasteiger partial charge in [-0.1, -0.05) is 24.3 Å². The van der Waals surface area contributed by atoms with E-state index in [1.165, 1.54) is 11.6 Å². The molecule has 0 unspecified atom stereocenters. The summed E-state index contributed by atoms with van der Waals surface area (Å²) in [7, 11) is 0. The molecule has 19 heavy (non-hydrogen) atoms. The second kappa shape index (κ2) is 4.92. The summed E-state index contributed by atoms with van der Waals surface area (Å²) in [5.74, 6) is -0.140. The van der Waals surface area contributed by atoms with Crippen molar-refractivity contribution in [1.29, 1.82) is 0 Å². The van der Waals surface area contributed by atoms with Gasteiger partial charge in [-0.05, 0) is 36.6 Å². The van der Waals surface area contributed by atoms with E-state index in [9.17, 15) is 4.39 Å². The zero-order valence-corrected chi connectivity index (χ0v) is 10.8. The molecular formula is C16H17FN2. The van der Waals surface area contributed by atoms with Crippen molar-refractivity contribution in [2.24, 2.45) is 0 Å². The SMILES string of the molecule is Nc1ccc2c(c1)N(Cc1ccccc1F)CCC2. The van der Waals surface area contributed by atoms with E-state index in [0.29, 0.717) is 6.54 Å². The van der Waals surface area contributed by atoms with E-state index in [-0.39, 0.29) is 5.82 Å². The fourth-order valence-electron chi connectivity index (χ4n) is 2.66. The fourth-order valence-corrected chi connectivity index (χ4v) is 2.66. The number of aryl methyl sites for hydroxylation is 1. The molecule has 0 saturated carbocycles. The van der Waals surface area contributed by atoms with Crippen LogP contribution in [0.1, 0.15) is 17.5 Å². The van der Waals surface area contributed by atoms with E-state index in [0.717, 1.165) is 36.3 Å². The van der Waals surface area contributed by atoms with Gasteiger partial charge < -0.3 is 10.6 Å². The topological polar surface area (TPSA) is 29.3 Å². The summed E-state index contributed by atoms with van der Waals surface area (Å²) in [4.78, 5) is 2.22. The Kier molecular flexibility index (Phi) is 3.11. The van der Waals surface area contributed by atoms with Crippen LogP contribution in [0.25, 0.3) is 0 Å². The maximum absolute atomic E-state index is 13.7. The molecule has 2 nitrogen and oxygen atoms in total. The van der Waals surface area contributed by atoms with E-state index in [2.05, 4.69) is 11.0 Å². The first-order valence-corrected chi connectivity index (χ1v) is 6.61.